The number of nitrogens with zero attached hydrogens (tertiary/aromatic N) is 2. The summed E-state index contributed by atoms with van der Waals surface area (Å²) in [5.41, 5.74) is -0.164. The standard InChI is InChI=1S/C24H30N2O5S/c27-23-12-22(15-25-13-19-4-1-2-5-20(19)14-25)30-17-24(23)31-16-18-6-8-21(9-7-18)26-10-3-11-32(26,28)29/h1-2,4-5,12-14,17-18,21,28-29H,3,6-11,15-16H2. The molecule has 2 aliphatic rings. The first kappa shape index (κ1) is 21.6. The zero-order valence-electron chi connectivity index (χ0n) is 18.1. The van der Waals surface area contributed by atoms with Crippen LogP contribution in [0.1, 0.15) is 37.9 Å². The molecule has 8 heteroatoms. The van der Waals surface area contributed by atoms with Crippen molar-refractivity contribution in [3.8, 4) is 5.75 Å². The van der Waals surface area contributed by atoms with Crippen LogP contribution in [0.4, 0.5) is 0 Å². The lowest BCUT2D eigenvalue weighted by Crippen LogP contribution is -2.38. The van der Waals surface area contributed by atoms with E-state index < -0.39 is 10.8 Å². The molecule has 1 saturated carbocycles. The van der Waals surface area contributed by atoms with Crippen molar-refractivity contribution < 1.29 is 18.3 Å². The first-order valence-corrected chi connectivity index (χ1v) is 13.0. The van der Waals surface area contributed by atoms with Crippen LogP contribution < -0.4 is 10.2 Å². The second-order valence-electron chi connectivity index (χ2n) is 8.95. The second-order valence-corrected chi connectivity index (χ2v) is 11.1. The van der Waals surface area contributed by atoms with Crippen molar-refractivity contribution in [1.82, 2.24) is 8.87 Å². The monoisotopic (exact) mass is 458 g/mol. The van der Waals surface area contributed by atoms with Crippen molar-refractivity contribution in [1.29, 1.82) is 0 Å². The fourth-order valence-electron chi connectivity index (χ4n) is 4.94. The van der Waals surface area contributed by atoms with Crippen LogP contribution in [0.5, 0.6) is 5.75 Å². The minimum atomic E-state index is -2.55. The van der Waals surface area contributed by atoms with E-state index in [0.29, 0.717) is 30.6 Å². The molecular weight excluding hydrogens is 428 g/mol. The van der Waals surface area contributed by atoms with Crippen LogP contribution in [0.25, 0.3) is 10.8 Å². The maximum Gasteiger partial charge on any atom is 0.227 e. The van der Waals surface area contributed by atoms with Crippen LogP contribution in [0.3, 0.4) is 0 Å². The third kappa shape index (κ3) is 4.59. The summed E-state index contributed by atoms with van der Waals surface area (Å²) >= 11 is 0. The molecule has 3 aromatic rings. The van der Waals surface area contributed by atoms with E-state index in [1.807, 2.05) is 33.4 Å². The predicted molar refractivity (Wildman–Crippen MR) is 126 cm³/mol. The zero-order valence-corrected chi connectivity index (χ0v) is 18.9. The molecule has 0 spiro atoms. The van der Waals surface area contributed by atoms with Gasteiger partial charge < -0.3 is 13.7 Å². The van der Waals surface area contributed by atoms with Gasteiger partial charge in [-0.25, -0.2) is 4.31 Å². The Bertz CT molecular complexity index is 1100. The fourth-order valence-corrected chi connectivity index (χ4v) is 6.81. The van der Waals surface area contributed by atoms with Gasteiger partial charge in [-0.05, 0) is 48.8 Å². The van der Waals surface area contributed by atoms with E-state index in [1.165, 1.54) is 12.3 Å². The van der Waals surface area contributed by atoms with Gasteiger partial charge in [0.2, 0.25) is 11.2 Å². The summed E-state index contributed by atoms with van der Waals surface area (Å²) in [5, 5.41) is 2.30. The topological polar surface area (TPSA) is 88.1 Å². The van der Waals surface area contributed by atoms with Crippen LogP contribution in [0.15, 0.2) is 58.2 Å². The Kier molecular flexibility index (Phi) is 6.03. The molecule has 0 bridgehead atoms. The smallest absolute Gasteiger partial charge is 0.227 e. The molecule has 1 aliphatic heterocycles. The molecule has 32 heavy (non-hydrogen) atoms. The highest BCUT2D eigenvalue weighted by Gasteiger charge is 2.36. The summed E-state index contributed by atoms with van der Waals surface area (Å²) in [6.07, 6.45) is 10.1. The number of aromatic nitrogens is 1. The molecule has 172 valence electrons. The van der Waals surface area contributed by atoms with Gasteiger partial charge in [0.25, 0.3) is 0 Å². The van der Waals surface area contributed by atoms with Crippen molar-refractivity contribution in [2.24, 2.45) is 5.92 Å². The third-order valence-corrected chi connectivity index (χ3v) is 8.74. The van der Waals surface area contributed by atoms with E-state index in [4.69, 9.17) is 9.15 Å². The fraction of sp³-hybridized carbons (Fsp3) is 0.458. The predicted octanol–water partition coefficient (Wildman–Crippen LogP) is 4.95. The van der Waals surface area contributed by atoms with Crippen molar-refractivity contribution in [2.75, 3.05) is 18.9 Å². The number of hydrogen-bond donors (Lipinski definition) is 2. The second kappa shape index (κ2) is 8.94. The van der Waals surface area contributed by atoms with Gasteiger partial charge in [-0.1, -0.05) is 24.3 Å². The molecule has 1 saturated heterocycles. The van der Waals surface area contributed by atoms with Gasteiger partial charge in [0.1, 0.15) is 12.0 Å². The van der Waals surface area contributed by atoms with E-state index in [-0.39, 0.29) is 17.2 Å². The third-order valence-electron chi connectivity index (χ3n) is 6.67. The Morgan fingerprint density at radius 3 is 2.44 bits per heavy atom. The number of rotatable bonds is 6. The molecule has 0 radical (unpaired) electrons. The average Bonchev–Trinajstić information content (AvgIpc) is 3.35. The maximum absolute atomic E-state index is 12.5. The van der Waals surface area contributed by atoms with Crippen LogP contribution in [0.2, 0.25) is 0 Å². The largest absolute Gasteiger partial charge is 0.486 e. The average molecular weight is 459 g/mol. The van der Waals surface area contributed by atoms with Crippen molar-refractivity contribution in [2.45, 2.75) is 44.7 Å². The van der Waals surface area contributed by atoms with Crippen LogP contribution >= 0.6 is 10.8 Å². The van der Waals surface area contributed by atoms with Gasteiger partial charge in [0.05, 0.1) is 18.9 Å². The van der Waals surface area contributed by atoms with E-state index in [1.54, 1.807) is 0 Å². The molecule has 1 aliphatic carbocycles. The van der Waals surface area contributed by atoms with Gasteiger partial charge in [-0.2, -0.15) is 0 Å². The maximum atomic E-state index is 12.5. The van der Waals surface area contributed by atoms with E-state index in [2.05, 4.69) is 12.1 Å². The minimum Gasteiger partial charge on any atom is -0.486 e. The summed E-state index contributed by atoms with van der Waals surface area (Å²) in [7, 11) is -2.55. The minimum absolute atomic E-state index is 0.164. The molecule has 0 atom stereocenters. The summed E-state index contributed by atoms with van der Waals surface area (Å²) in [6.45, 7) is 1.75. The molecule has 1 aromatic carbocycles. The van der Waals surface area contributed by atoms with E-state index >= 15 is 0 Å². The lowest BCUT2D eigenvalue weighted by molar-refractivity contribution is 0.160. The highest BCUT2D eigenvalue weighted by molar-refractivity contribution is 8.22. The van der Waals surface area contributed by atoms with Crippen LogP contribution in [-0.2, 0) is 6.54 Å². The molecule has 3 heterocycles. The Morgan fingerprint density at radius 2 is 1.81 bits per heavy atom. The Balaban J connectivity index is 1.14. The molecule has 2 aromatic heterocycles. The number of ether oxygens (including phenoxy) is 1. The summed E-state index contributed by atoms with van der Waals surface area (Å²) in [5.74, 6) is 1.71. The molecular formula is C24H30N2O5S. The molecule has 0 unspecified atom stereocenters. The molecule has 2 N–H and O–H groups in total. The highest BCUT2D eigenvalue weighted by atomic mass is 32.3. The van der Waals surface area contributed by atoms with E-state index in [9.17, 15) is 13.9 Å². The van der Waals surface area contributed by atoms with Crippen molar-refractivity contribution in [3.63, 3.8) is 0 Å². The zero-order chi connectivity index (χ0) is 22.1. The van der Waals surface area contributed by atoms with E-state index in [0.717, 1.165) is 49.4 Å². The first-order valence-electron chi connectivity index (χ1n) is 11.3. The normalized spacial score (nSPS) is 24.6. The summed E-state index contributed by atoms with van der Waals surface area (Å²) < 4.78 is 35.8. The van der Waals surface area contributed by atoms with Crippen LogP contribution in [0, 0.1) is 5.92 Å². The molecule has 5 rings (SSSR count). The highest BCUT2D eigenvalue weighted by Crippen LogP contribution is 2.51. The Morgan fingerprint density at radius 1 is 1.09 bits per heavy atom. The molecule has 2 fully saturated rings. The lowest BCUT2D eigenvalue weighted by atomic mass is 9.86. The van der Waals surface area contributed by atoms with Gasteiger partial charge in [-0.15, -0.1) is 10.8 Å². The van der Waals surface area contributed by atoms with Gasteiger partial charge >= 0.3 is 0 Å². The SMILES string of the molecule is O=c1cc(Cn2cc3ccccc3c2)occ1OCC1CCC(N2CCCS2(O)O)CC1. The van der Waals surface area contributed by atoms with Gasteiger partial charge in [0.15, 0.2) is 0 Å². The Labute approximate surface area is 189 Å². The summed E-state index contributed by atoms with van der Waals surface area (Å²) in [6, 6.07) is 9.88. The van der Waals surface area contributed by atoms with Crippen LogP contribution in [-0.4, -0.2) is 42.9 Å². The lowest BCUT2D eigenvalue weighted by Gasteiger charge is -2.44. The number of benzene rings is 1. The first-order chi connectivity index (χ1) is 15.5. The van der Waals surface area contributed by atoms with Crippen molar-refractivity contribution in [3.05, 3.63) is 65.0 Å². The Hall–Kier alpha value is -2.26. The van der Waals surface area contributed by atoms with Gasteiger partial charge in [-0.3, -0.25) is 13.9 Å². The van der Waals surface area contributed by atoms with Crippen molar-refractivity contribution >= 4 is 21.5 Å². The number of fused-ring (bicyclic) bond motifs is 1. The van der Waals surface area contributed by atoms with Gasteiger partial charge in [0, 0.05) is 31.0 Å². The molecule has 7 nitrogen and oxygen atoms in total. The quantitative estimate of drug-likeness (QED) is 0.543. The molecule has 0 amide bonds. The number of hydrogen-bond acceptors (Lipinski definition) is 6. The summed E-state index contributed by atoms with van der Waals surface area (Å²) in [4.78, 5) is 12.5.